The molecule has 0 saturated carbocycles. The zero-order chi connectivity index (χ0) is 12.3. The first-order chi connectivity index (χ1) is 8.20. The number of halogens is 1. The summed E-state index contributed by atoms with van der Waals surface area (Å²) in [5.41, 5.74) is 6.74. The van der Waals surface area contributed by atoms with Crippen molar-refractivity contribution in [1.82, 2.24) is 14.8 Å². The number of rotatable bonds is 4. The Morgan fingerprint density at radius 2 is 2.29 bits per heavy atom. The fourth-order valence-electron chi connectivity index (χ4n) is 1.46. The van der Waals surface area contributed by atoms with Gasteiger partial charge in [0.05, 0.1) is 0 Å². The molecule has 17 heavy (non-hydrogen) atoms. The lowest BCUT2D eigenvalue weighted by atomic mass is 10.1. The van der Waals surface area contributed by atoms with Gasteiger partial charge in [-0.2, -0.15) is 0 Å². The molecule has 6 heteroatoms. The monoisotopic (exact) mass is 268 g/mol. The van der Waals surface area contributed by atoms with Crippen LogP contribution in [-0.2, 0) is 13.5 Å². The van der Waals surface area contributed by atoms with Gasteiger partial charge in [-0.05, 0) is 48.5 Å². The lowest BCUT2D eigenvalue weighted by Gasteiger charge is -2.08. The fraction of sp³-hybridized carbons (Fsp3) is 0.273. The number of hydrogen-bond acceptors (Lipinski definition) is 4. The van der Waals surface area contributed by atoms with Gasteiger partial charge in [-0.3, -0.25) is 0 Å². The summed E-state index contributed by atoms with van der Waals surface area (Å²) >= 11 is 7.55. The van der Waals surface area contributed by atoms with Crippen molar-refractivity contribution in [2.24, 2.45) is 12.8 Å². The standard InChI is InChI=1S/C11H13ClN4S/c1-16-7-14-15-11(16)17-10-3-2-9(12)6-8(10)4-5-13/h2-3,6-7H,4-5,13H2,1H3. The summed E-state index contributed by atoms with van der Waals surface area (Å²) in [6.07, 6.45) is 2.49. The SMILES string of the molecule is Cn1cnnc1Sc1ccc(Cl)cc1CCN. The van der Waals surface area contributed by atoms with Crippen molar-refractivity contribution in [3.05, 3.63) is 35.1 Å². The summed E-state index contributed by atoms with van der Waals surface area (Å²) in [6.45, 7) is 0.604. The van der Waals surface area contributed by atoms with E-state index >= 15 is 0 Å². The molecule has 0 spiro atoms. The molecule has 0 fully saturated rings. The summed E-state index contributed by atoms with van der Waals surface area (Å²) in [6, 6.07) is 5.82. The minimum atomic E-state index is 0.604. The molecule has 2 N–H and O–H groups in total. The van der Waals surface area contributed by atoms with E-state index < -0.39 is 0 Å². The zero-order valence-electron chi connectivity index (χ0n) is 9.43. The maximum absolute atomic E-state index is 5.98. The average molecular weight is 269 g/mol. The van der Waals surface area contributed by atoms with E-state index in [9.17, 15) is 0 Å². The van der Waals surface area contributed by atoms with Gasteiger partial charge in [-0.1, -0.05) is 11.6 Å². The van der Waals surface area contributed by atoms with Gasteiger partial charge in [0.15, 0.2) is 5.16 Å². The molecule has 1 aromatic heterocycles. The van der Waals surface area contributed by atoms with Crippen LogP contribution in [0.5, 0.6) is 0 Å². The molecule has 0 aliphatic rings. The Labute approximate surface area is 109 Å². The molecule has 1 aromatic carbocycles. The first kappa shape index (κ1) is 12.4. The highest BCUT2D eigenvalue weighted by molar-refractivity contribution is 7.99. The third kappa shape index (κ3) is 3.00. The predicted octanol–water partition coefficient (Wildman–Crippen LogP) is 2.12. The quantitative estimate of drug-likeness (QED) is 0.923. The van der Waals surface area contributed by atoms with E-state index in [0.717, 1.165) is 27.1 Å². The normalized spacial score (nSPS) is 10.8. The van der Waals surface area contributed by atoms with Crippen LogP contribution >= 0.6 is 23.4 Å². The Kier molecular flexibility index (Phi) is 4.04. The largest absolute Gasteiger partial charge is 0.330 e. The van der Waals surface area contributed by atoms with E-state index in [-0.39, 0.29) is 0 Å². The second-order valence-corrected chi connectivity index (χ2v) is 5.06. The van der Waals surface area contributed by atoms with Crippen molar-refractivity contribution in [2.75, 3.05) is 6.54 Å². The maximum Gasteiger partial charge on any atom is 0.195 e. The number of hydrogen-bond donors (Lipinski definition) is 1. The molecule has 0 saturated heterocycles. The molecule has 0 amide bonds. The highest BCUT2D eigenvalue weighted by atomic mass is 35.5. The Balaban J connectivity index is 2.29. The second kappa shape index (κ2) is 5.53. The van der Waals surface area contributed by atoms with Crippen LogP contribution in [0.25, 0.3) is 0 Å². The molecule has 0 bridgehead atoms. The van der Waals surface area contributed by atoms with Crippen LogP contribution in [0, 0.1) is 0 Å². The van der Waals surface area contributed by atoms with Gasteiger partial charge < -0.3 is 10.3 Å². The van der Waals surface area contributed by atoms with Gasteiger partial charge in [0.2, 0.25) is 0 Å². The summed E-state index contributed by atoms with van der Waals surface area (Å²) in [4.78, 5) is 1.12. The first-order valence-electron chi connectivity index (χ1n) is 5.21. The topological polar surface area (TPSA) is 56.7 Å². The van der Waals surface area contributed by atoms with Gasteiger partial charge in [0.25, 0.3) is 0 Å². The molecule has 4 nitrogen and oxygen atoms in total. The van der Waals surface area contributed by atoms with Gasteiger partial charge in [0.1, 0.15) is 6.33 Å². The van der Waals surface area contributed by atoms with Gasteiger partial charge in [-0.25, -0.2) is 0 Å². The van der Waals surface area contributed by atoms with Crippen LogP contribution in [0.1, 0.15) is 5.56 Å². The Morgan fingerprint density at radius 1 is 1.47 bits per heavy atom. The summed E-state index contributed by atoms with van der Waals surface area (Å²) in [5.74, 6) is 0. The van der Waals surface area contributed by atoms with Crippen LogP contribution in [0.15, 0.2) is 34.6 Å². The van der Waals surface area contributed by atoms with Crippen LogP contribution in [0.2, 0.25) is 5.02 Å². The van der Waals surface area contributed by atoms with Crippen LogP contribution in [0.3, 0.4) is 0 Å². The lowest BCUT2D eigenvalue weighted by Crippen LogP contribution is -2.04. The molecule has 2 aromatic rings. The zero-order valence-corrected chi connectivity index (χ0v) is 11.0. The van der Waals surface area contributed by atoms with Gasteiger partial charge in [0, 0.05) is 17.0 Å². The average Bonchev–Trinajstić information content (AvgIpc) is 2.69. The number of nitrogens with zero attached hydrogens (tertiary/aromatic N) is 3. The van der Waals surface area contributed by atoms with E-state index in [1.807, 2.05) is 29.8 Å². The van der Waals surface area contributed by atoms with Crippen molar-refractivity contribution in [2.45, 2.75) is 16.5 Å². The van der Waals surface area contributed by atoms with Crippen LogP contribution in [-0.4, -0.2) is 21.3 Å². The van der Waals surface area contributed by atoms with E-state index in [1.165, 1.54) is 0 Å². The van der Waals surface area contributed by atoms with E-state index in [0.29, 0.717) is 6.54 Å². The Bertz CT molecular complexity index is 512. The molecule has 0 aliphatic heterocycles. The molecule has 0 atom stereocenters. The molecule has 2 rings (SSSR count). The summed E-state index contributed by atoms with van der Waals surface area (Å²) < 4.78 is 1.88. The summed E-state index contributed by atoms with van der Waals surface area (Å²) in [5, 5.41) is 9.48. The Morgan fingerprint density at radius 3 is 2.94 bits per heavy atom. The number of aromatic nitrogens is 3. The van der Waals surface area contributed by atoms with Crippen molar-refractivity contribution >= 4 is 23.4 Å². The van der Waals surface area contributed by atoms with Gasteiger partial charge in [-0.15, -0.1) is 10.2 Å². The number of nitrogens with two attached hydrogens (primary N) is 1. The first-order valence-corrected chi connectivity index (χ1v) is 6.40. The van der Waals surface area contributed by atoms with E-state index in [4.69, 9.17) is 17.3 Å². The fourth-order valence-corrected chi connectivity index (χ4v) is 2.56. The van der Waals surface area contributed by atoms with Crippen molar-refractivity contribution in [3.8, 4) is 0 Å². The second-order valence-electron chi connectivity index (χ2n) is 3.62. The molecular weight excluding hydrogens is 256 g/mol. The molecule has 0 aliphatic carbocycles. The highest BCUT2D eigenvalue weighted by Gasteiger charge is 2.08. The third-order valence-electron chi connectivity index (χ3n) is 2.31. The van der Waals surface area contributed by atoms with Gasteiger partial charge >= 0.3 is 0 Å². The van der Waals surface area contributed by atoms with E-state index in [2.05, 4.69) is 10.2 Å². The Hall–Kier alpha value is -1.04. The number of benzene rings is 1. The van der Waals surface area contributed by atoms with Crippen molar-refractivity contribution in [3.63, 3.8) is 0 Å². The van der Waals surface area contributed by atoms with Crippen molar-refractivity contribution < 1.29 is 0 Å². The summed E-state index contributed by atoms with van der Waals surface area (Å²) in [7, 11) is 1.92. The lowest BCUT2D eigenvalue weighted by molar-refractivity contribution is 0.788. The number of aryl methyl sites for hydroxylation is 1. The van der Waals surface area contributed by atoms with E-state index in [1.54, 1.807) is 18.1 Å². The molecule has 1 heterocycles. The molecule has 90 valence electrons. The highest BCUT2D eigenvalue weighted by Crippen LogP contribution is 2.30. The molecule has 0 unspecified atom stereocenters. The smallest absolute Gasteiger partial charge is 0.195 e. The minimum Gasteiger partial charge on any atom is -0.330 e. The van der Waals surface area contributed by atoms with Crippen molar-refractivity contribution in [1.29, 1.82) is 0 Å². The molecular formula is C11H13ClN4S. The molecule has 0 radical (unpaired) electrons. The maximum atomic E-state index is 5.98. The third-order valence-corrected chi connectivity index (χ3v) is 3.71. The minimum absolute atomic E-state index is 0.604. The van der Waals surface area contributed by atoms with Crippen LogP contribution in [0.4, 0.5) is 0 Å². The predicted molar refractivity (Wildman–Crippen MR) is 69.3 cm³/mol. The van der Waals surface area contributed by atoms with Crippen LogP contribution < -0.4 is 5.73 Å².